The average Bonchev–Trinajstić information content (AvgIpc) is 2.27. The summed E-state index contributed by atoms with van der Waals surface area (Å²) in [5, 5.41) is 0. The van der Waals surface area contributed by atoms with Crippen molar-refractivity contribution in [2.75, 3.05) is 0 Å². The van der Waals surface area contributed by atoms with Crippen molar-refractivity contribution in [3.63, 3.8) is 0 Å². The van der Waals surface area contributed by atoms with E-state index < -0.39 is 12.1 Å². The second kappa shape index (κ2) is 4.75. The zero-order chi connectivity index (χ0) is 11.4. The average molecular weight is 216 g/mol. The van der Waals surface area contributed by atoms with Gasteiger partial charge in [-0.15, -0.1) is 0 Å². The van der Waals surface area contributed by atoms with Gasteiger partial charge in [0.2, 0.25) is 0 Å². The lowest BCUT2D eigenvalue weighted by molar-refractivity contribution is -0.154. The van der Waals surface area contributed by atoms with Crippen molar-refractivity contribution in [1.82, 2.24) is 0 Å². The van der Waals surface area contributed by atoms with Gasteiger partial charge in [-0.1, -0.05) is 36.4 Å². The van der Waals surface area contributed by atoms with E-state index in [2.05, 4.69) is 0 Å². The fourth-order valence-electron chi connectivity index (χ4n) is 1.60. The number of hydrogen-bond acceptors (Lipinski definition) is 3. The zero-order valence-corrected chi connectivity index (χ0v) is 8.76. The smallest absolute Gasteiger partial charge is 0.313 e. The third-order valence-corrected chi connectivity index (χ3v) is 2.36. The van der Waals surface area contributed by atoms with E-state index in [1.54, 1.807) is 6.08 Å². The largest absolute Gasteiger partial charge is 0.457 e. The summed E-state index contributed by atoms with van der Waals surface area (Å²) in [7, 11) is 0. The number of rotatable bonds is 2. The number of carbonyl (C=O) groups is 2. The molecule has 1 heterocycles. The summed E-state index contributed by atoms with van der Waals surface area (Å²) in [6.45, 7) is 0. The van der Waals surface area contributed by atoms with Crippen LogP contribution in [0.3, 0.4) is 0 Å². The zero-order valence-electron chi connectivity index (χ0n) is 8.76. The van der Waals surface area contributed by atoms with Gasteiger partial charge in [0.15, 0.2) is 0 Å². The van der Waals surface area contributed by atoms with Crippen LogP contribution in [0.5, 0.6) is 0 Å². The molecule has 1 fully saturated rings. The maximum atomic E-state index is 11.2. The molecule has 2 rings (SSSR count). The molecular formula is C13H12O3. The van der Waals surface area contributed by atoms with Gasteiger partial charge in [-0.2, -0.15) is 0 Å². The number of hydrogen-bond donors (Lipinski definition) is 0. The first-order valence-electron chi connectivity index (χ1n) is 5.18. The first-order valence-corrected chi connectivity index (χ1v) is 5.18. The molecule has 1 aromatic rings. The molecule has 1 atom stereocenters. The maximum absolute atomic E-state index is 11.2. The third kappa shape index (κ3) is 2.79. The van der Waals surface area contributed by atoms with Crippen molar-refractivity contribution in [2.24, 2.45) is 0 Å². The Morgan fingerprint density at radius 1 is 1.19 bits per heavy atom. The maximum Gasteiger partial charge on any atom is 0.313 e. The van der Waals surface area contributed by atoms with Crippen LogP contribution < -0.4 is 0 Å². The highest BCUT2D eigenvalue weighted by Crippen LogP contribution is 2.13. The van der Waals surface area contributed by atoms with Gasteiger partial charge >= 0.3 is 5.97 Å². The minimum Gasteiger partial charge on any atom is -0.457 e. The quantitative estimate of drug-likeness (QED) is 0.560. The van der Waals surface area contributed by atoms with E-state index in [9.17, 15) is 9.59 Å². The predicted molar refractivity (Wildman–Crippen MR) is 59.6 cm³/mol. The standard InChI is InChI=1S/C13H12O3/c14-11-8-12(16-13(15)9-11)7-6-10-4-2-1-3-5-10/h1-7,12H,8-9H2/b7-6+/t12-/m1/s1. The van der Waals surface area contributed by atoms with Crippen LogP contribution in [0, 0.1) is 0 Å². The van der Waals surface area contributed by atoms with E-state index in [1.807, 2.05) is 36.4 Å². The topological polar surface area (TPSA) is 43.4 Å². The Morgan fingerprint density at radius 3 is 2.62 bits per heavy atom. The number of cyclic esters (lactones) is 1. The molecule has 3 nitrogen and oxygen atoms in total. The Hall–Kier alpha value is -1.90. The minimum absolute atomic E-state index is 0.0565. The minimum atomic E-state index is -0.432. The predicted octanol–water partition coefficient (Wildman–Crippen LogP) is 1.97. The van der Waals surface area contributed by atoms with Crippen molar-refractivity contribution >= 4 is 17.8 Å². The third-order valence-electron chi connectivity index (χ3n) is 2.36. The van der Waals surface area contributed by atoms with Crippen molar-refractivity contribution in [3.05, 3.63) is 42.0 Å². The van der Waals surface area contributed by atoms with Gasteiger partial charge < -0.3 is 4.74 Å². The lowest BCUT2D eigenvalue weighted by atomic mass is 10.1. The molecule has 0 saturated carbocycles. The van der Waals surface area contributed by atoms with E-state index in [0.29, 0.717) is 0 Å². The van der Waals surface area contributed by atoms with Crippen LogP contribution in [0.25, 0.3) is 6.08 Å². The van der Waals surface area contributed by atoms with Gasteiger partial charge in [0.05, 0.1) is 0 Å². The van der Waals surface area contributed by atoms with Crippen LogP contribution in [0.1, 0.15) is 18.4 Å². The molecule has 0 aromatic heterocycles. The molecule has 1 aliphatic heterocycles. The highest BCUT2D eigenvalue weighted by molar-refractivity contribution is 5.97. The van der Waals surface area contributed by atoms with Gasteiger partial charge in [-0.25, -0.2) is 0 Å². The molecule has 16 heavy (non-hydrogen) atoms. The van der Waals surface area contributed by atoms with Crippen LogP contribution in [0.15, 0.2) is 36.4 Å². The van der Waals surface area contributed by atoms with Gasteiger partial charge in [0.25, 0.3) is 0 Å². The lowest BCUT2D eigenvalue weighted by Crippen LogP contribution is -2.28. The Labute approximate surface area is 93.7 Å². The number of benzene rings is 1. The van der Waals surface area contributed by atoms with Crippen LogP contribution in [-0.2, 0) is 14.3 Å². The van der Waals surface area contributed by atoms with E-state index in [4.69, 9.17) is 4.74 Å². The number of ketones is 1. The number of ether oxygens (including phenoxy) is 1. The fraction of sp³-hybridized carbons (Fsp3) is 0.231. The summed E-state index contributed by atoms with van der Waals surface area (Å²) in [4.78, 5) is 22.2. The second-order valence-electron chi connectivity index (χ2n) is 3.72. The van der Waals surface area contributed by atoms with Crippen molar-refractivity contribution in [2.45, 2.75) is 18.9 Å². The van der Waals surface area contributed by atoms with Crippen LogP contribution in [0.4, 0.5) is 0 Å². The summed E-state index contributed by atoms with van der Waals surface area (Å²) in [6.07, 6.45) is 3.40. The monoisotopic (exact) mass is 216 g/mol. The normalized spacial score (nSPS) is 21.1. The molecule has 1 aromatic carbocycles. The van der Waals surface area contributed by atoms with Crippen molar-refractivity contribution in [1.29, 1.82) is 0 Å². The molecule has 3 heteroatoms. The Morgan fingerprint density at radius 2 is 1.94 bits per heavy atom. The molecule has 82 valence electrons. The molecule has 0 unspecified atom stereocenters. The number of carbonyl (C=O) groups excluding carboxylic acids is 2. The molecule has 1 saturated heterocycles. The number of esters is 1. The van der Waals surface area contributed by atoms with E-state index in [-0.39, 0.29) is 18.6 Å². The first-order chi connectivity index (χ1) is 7.74. The highest BCUT2D eigenvalue weighted by atomic mass is 16.5. The molecule has 0 radical (unpaired) electrons. The van der Waals surface area contributed by atoms with Gasteiger partial charge in [0, 0.05) is 6.42 Å². The SMILES string of the molecule is O=C1CC(=O)O[C@H](/C=C/c2ccccc2)C1. The van der Waals surface area contributed by atoms with E-state index in [0.717, 1.165) is 5.56 Å². The Kier molecular flexibility index (Phi) is 3.15. The Balaban J connectivity index is 2.02. The first kappa shape index (κ1) is 10.6. The van der Waals surface area contributed by atoms with E-state index in [1.165, 1.54) is 0 Å². The summed E-state index contributed by atoms with van der Waals surface area (Å²) >= 11 is 0. The van der Waals surface area contributed by atoms with E-state index >= 15 is 0 Å². The Bertz CT molecular complexity index is 404. The van der Waals surface area contributed by atoms with Crippen molar-refractivity contribution < 1.29 is 14.3 Å². The van der Waals surface area contributed by atoms with Crippen molar-refractivity contribution in [3.8, 4) is 0 Å². The molecule has 0 aliphatic carbocycles. The van der Waals surface area contributed by atoms with Crippen LogP contribution in [0.2, 0.25) is 0 Å². The molecule has 1 aliphatic rings. The van der Waals surface area contributed by atoms with Crippen LogP contribution >= 0.6 is 0 Å². The molecular weight excluding hydrogens is 204 g/mol. The lowest BCUT2D eigenvalue weighted by Gasteiger charge is -2.18. The summed E-state index contributed by atoms with van der Waals surface area (Å²) in [5.74, 6) is -0.488. The molecule has 0 amide bonds. The summed E-state index contributed by atoms with van der Waals surface area (Å²) < 4.78 is 5.03. The summed E-state index contributed by atoms with van der Waals surface area (Å²) in [5.41, 5.74) is 1.02. The number of Topliss-reactive ketones (excluding diaryl/α,β-unsaturated/α-hetero) is 1. The van der Waals surface area contributed by atoms with Gasteiger partial charge in [-0.3, -0.25) is 9.59 Å². The molecule has 0 spiro atoms. The highest BCUT2D eigenvalue weighted by Gasteiger charge is 2.24. The second-order valence-corrected chi connectivity index (χ2v) is 3.72. The van der Waals surface area contributed by atoms with Gasteiger partial charge in [0.1, 0.15) is 18.3 Å². The van der Waals surface area contributed by atoms with Crippen LogP contribution in [-0.4, -0.2) is 17.9 Å². The molecule has 0 N–H and O–H groups in total. The van der Waals surface area contributed by atoms with Gasteiger partial charge in [-0.05, 0) is 11.6 Å². The molecule has 0 bridgehead atoms. The summed E-state index contributed by atoms with van der Waals surface area (Å²) in [6, 6.07) is 9.68. The fourth-order valence-corrected chi connectivity index (χ4v) is 1.60.